The summed E-state index contributed by atoms with van der Waals surface area (Å²) in [7, 11) is 0. The lowest BCUT2D eigenvalue weighted by molar-refractivity contribution is 0.709. The Bertz CT molecular complexity index is 1780. The molecule has 0 aromatic heterocycles. The van der Waals surface area contributed by atoms with Crippen LogP contribution in [0.25, 0.3) is 6.08 Å². The van der Waals surface area contributed by atoms with Crippen LogP contribution in [0.4, 0.5) is 5.69 Å². The molecular weight excluding hydrogens is 496 g/mol. The lowest BCUT2D eigenvalue weighted by Gasteiger charge is -2.24. The van der Waals surface area contributed by atoms with Gasteiger partial charge in [-0.1, -0.05) is 109 Å². The largest absolute Gasteiger partial charge is 0.257 e. The Balaban J connectivity index is 1.18. The summed E-state index contributed by atoms with van der Waals surface area (Å²) in [4.78, 5) is 0. The minimum atomic E-state index is 0.115. The standard InChI is InChI=1S/C39H28N2/c1-4-10-31(11-5-1)16-18-33-20-22-34(23-21-33)26-29-37-30-39(41(40-37)38-14-8-3-9-15-38)36-27-24-35(25-28-36)19-17-32-12-6-2-7-13-32/h1-15,20-29,39H,30H2. The Labute approximate surface area is 242 Å². The molecule has 0 radical (unpaired) electrons. The summed E-state index contributed by atoms with van der Waals surface area (Å²) in [6.07, 6.45) is 5.07. The third-order valence-electron chi connectivity index (χ3n) is 6.88. The summed E-state index contributed by atoms with van der Waals surface area (Å²) < 4.78 is 0. The van der Waals surface area contributed by atoms with Gasteiger partial charge in [0.2, 0.25) is 0 Å². The van der Waals surface area contributed by atoms with Crippen LogP contribution < -0.4 is 5.01 Å². The molecule has 0 saturated carbocycles. The molecule has 5 aromatic carbocycles. The van der Waals surface area contributed by atoms with Crippen molar-refractivity contribution >= 4 is 17.5 Å². The van der Waals surface area contributed by atoms with Crippen LogP contribution in [-0.2, 0) is 0 Å². The maximum absolute atomic E-state index is 5.02. The molecule has 0 amide bonds. The zero-order valence-electron chi connectivity index (χ0n) is 22.6. The number of hydrogen-bond donors (Lipinski definition) is 0. The van der Waals surface area contributed by atoms with Gasteiger partial charge in [-0.15, -0.1) is 0 Å². The average Bonchev–Trinajstić information content (AvgIpc) is 3.48. The maximum Gasteiger partial charge on any atom is 0.0831 e. The number of hydrazone groups is 1. The second-order valence-electron chi connectivity index (χ2n) is 9.80. The first-order valence-electron chi connectivity index (χ1n) is 13.7. The Morgan fingerprint density at radius 3 is 1.51 bits per heavy atom. The van der Waals surface area contributed by atoms with Crippen LogP contribution in [0.1, 0.15) is 45.8 Å². The quantitative estimate of drug-likeness (QED) is 0.215. The van der Waals surface area contributed by atoms with Crippen molar-refractivity contribution in [3.63, 3.8) is 0 Å². The SMILES string of the molecule is C(#Cc1ccc(C=CC2=NN(c3ccccc3)C(c3ccc(C#Cc4ccccc4)cc3)C2)cc1)c1ccccc1. The third-order valence-corrected chi connectivity index (χ3v) is 6.88. The lowest BCUT2D eigenvalue weighted by Crippen LogP contribution is -2.18. The van der Waals surface area contributed by atoms with E-state index < -0.39 is 0 Å². The van der Waals surface area contributed by atoms with E-state index in [2.05, 4.69) is 114 Å². The van der Waals surface area contributed by atoms with Crippen LogP contribution in [-0.4, -0.2) is 5.71 Å². The second-order valence-corrected chi connectivity index (χ2v) is 9.80. The average molecular weight is 525 g/mol. The second kappa shape index (κ2) is 12.5. The number of allylic oxidation sites excluding steroid dienone is 1. The zero-order chi connectivity index (χ0) is 27.7. The Hall–Kier alpha value is -5.57. The molecular formula is C39H28N2. The van der Waals surface area contributed by atoms with Crippen LogP contribution in [0.3, 0.4) is 0 Å². The fourth-order valence-electron chi connectivity index (χ4n) is 4.70. The number of hydrogen-bond acceptors (Lipinski definition) is 2. The summed E-state index contributed by atoms with van der Waals surface area (Å²) in [5.41, 5.74) is 8.48. The minimum Gasteiger partial charge on any atom is -0.257 e. The highest BCUT2D eigenvalue weighted by Gasteiger charge is 2.28. The number of nitrogens with zero attached hydrogens (tertiary/aromatic N) is 2. The molecule has 1 unspecified atom stereocenters. The molecule has 1 heterocycles. The van der Waals surface area contributed by atoms with E-state index in [1.807, 2.05) is 66.7 Å². The lowest BCUT2D eigenvalue weighted by atomic mass is 9.99. The molecule has 0 saturated heterocycles. The van der Waals surface area contributed by atoms with E-state index in [0.29, 0.717) is 0 Å². The molecule has 2 heteroatoms. The highest BCUT2D eigenvalue weighted by Crippen LogP contribution is 2.35. The number of benzene rings is 5. The van der Waals surface area contributed by atoms with Gasteiger partial charge in [0.1, 0.15) is 0 Å². The molecule has 0 spiro atoms. The molecule has 0 bridgehead atoms. The van der Waals surface area contributed by atoms with E-state index in [0.717, 1.165) is 45.6 Å². The normalized spacial score (nSPS) is 14.1. The summed E-state index contributed by atoms with van der Waals surface area (Å²) in [5.74, 6) is 13.0. The number of anilines is 1. The van der Waals surface area contributed by atoms with E-state index in [9.17, 15) is 0 Å². The van der Waals surface area contributed by atoms with E-state index in [1.54, 1.807) is 0 Å². The Kier molecular flexibility index (Phi) is 7.85. The molecule has 0 fully saturated rings. The molecule has 41 heavy (non-hydrogen) atoms. The summed E-state index contributed by atoms with van der Waals surface area (Å²) >= 11 is 0. The van der Waals surface area contributed by atoms with Gasteiger partial charge in [0.15, 0.2) is 0 Å². The summed E-state index contributed by atoms with van der Waals surface area (Å²) in [5, 5.41) is 7.15. The van der Waals surface area contributed by atoms with Gasteiger partial charge < -0.3 is 0 Å². The molecule has 194 valence electrons. The topological polar surface area (TPSA) is 15.6 Å². The predicted molar refractivity (Wildman–Crippen MR) is 170 cm³/mol. The van der Waals surface area contributed by atoms with Crippen molar-refractivity contribution in [1.82, 2.24) is 0 Å². The first-order valence-corrected chi connectivity index (χ1v) is 13.7. The molecule has 2 nitrogen and oxygen atoms in total. The molecule has 6 rings (SSSR count). The Morgan fingerprint density at radius 1 is 0.512 bits per heavy atom. The van der Waals surface area contributed by atoms with E-state index >= 15 is 0 Å². The van der Waals surface area contributed by atoms with Gasteiger partial charge in [0, 0.05) is 28.7 Å². The maximum atomic E-state index is 5.02. The number of para-hydroxylation sites is 1. The highest BCUT2D eigenvalue weighted by molar-refractivity contribution is 6.01. The van der Waals surface area contributed by atoms with Gasteiger partial charge in [-0.25, -0.2) is 0 Å². The molecule has 1 atom stereocenters. The monoisotopic (exact) mass is 524 g/mol. The summed E-state index contributed by atoms with van der Waals surface area (Å²) in [6, 6.07) is 47.5. The first kappa shape index (κ1) is 25.7. The van der Waals surface area contributed by atoms with Crippen LogP contribution in [0, 0.1) is 23.7 Å². The molecule has 0 N–H and O–H groups in total. The van der Waals surface area contributed by atoms with Crippen molar-refractivity contribution in [2.75, 3.05) is 5.01 Å². The number of rotatable bonds is 4. The van der Waals surface area contributed by atoms with Gasteiger partial charge in [-0.2, -0.15) is 5.10 Å². The molecule has 5 aromatic rings. The van der Waals surface area contributed by atoms with Crippen molar-refractivity contribution in [3.05, 3.63) is 179 Å². The first-order chi connectivity index (χ1) is 20.3. The predicted octanol–water partition coefficient (Wildman–Crippen LogP) is 8.51. The fraction of sp³-hybridized carbons (Fsp3) is 0.0513. The van der Waals surface area contributed by atoms with Gasteiger partial charge in [-0.05, 0) is 77.9 Å². The van der Waals surface area contributed by atoms with Crippen molar-refractivity contribution < 1.29 is 0 Å². The van der Waals surface area contributed by atoms with E-state index in [1.165, 1.54) is 5.56 Å². The Morgan fingerprint density at radius 2 is 0.976 bits per heavy atom. The fourth-order valence-corrected chi connectivity index (χ4v) is 4.70. The molecule has 1 aliphatic heterocycles. The van der Waals surface area contributed by atoms with Crippen LogP contribution >= 0.6 is 0 Å². The summed E-state index contributed by atoms with van der Waals surface area (Å²) in [6.45, 7) is 0. The third kappa shape index (κ3) is 6.72. The zero-order valence-corrected chi connectivity index (χ0v) is 22.6. The van der Waals surface area contributed by atoms with Crippen molar-refractivity contribution in [1.29, 1.82) is 0 Å². The van der Waals surface area contributed by atoms with E-state index in [4.69, 9.17) is 5.10 Å². The van der Waals surface area contributed by atoms with Crippen molar-refractivity contribution in [2.24, 2.45) is 5.10 Å². The van der Waals surface area contributed by atoms with Crippen molar-refractivity contribution in [2.45, 2.75) is 12.5 Å². The molecule has 0 aliphatic carbocycles. The minimum absolute atomic E-state index is 0.115. The van der Waals surface area contributed by atoms with Gasteiger partial charge in [0.25, 0.3) is 0 Å². The van der Waals surface area contributed by atoms with Crippen molar-refractivity contribution in [3.8, 4) is 23.7 Å². The van der Waals surface area contributed by atoms with Crippen LogP contribution in [0.2, 0.25) is 0 Å². The van der Waals surface area contributed by atoms with Crippen LogP contribution in [0.15, 0.2) is 151 Å². The van der Waals surface area contributed by atoms with Gasteiger partial charge >= 0.3 is 0 Å². The van der Waals surface area contributed by atoms with E-state index in [-0.39, 0.29) is 6.04 Å². The highest BCUT2D eigenvalue weighted by atomic mass is 15.5. The van der Waals surface area contributed by atoms with Gasteiger partial charge in [-0.3, -0.25) is 5.01 Å². The van der Waals surface area contributed by atoms with Gasteiger partial charge in [0.05, 0.1) is 17.4 Å². The smallest absolute Gasteiger partial charge is 0.0831 e. The van der Waals surface area contributed by atoms with Crippen LogP contribution in [0.5, 0.6) is 0 Å². The molecule has 1 aliphatic rings.